The van der Waals surface area contributed by atoms with E-state index in [1.165, 1.54) is 32.8 Å². The second-order valence-corrected chi connectivity index (χ2v) is 11.9. The molecule has 0 rings (SSSR count). The van der Waals surface area contributed by atoms with Crippen molar-refractivity contribution >= 4 is 14.3 Å². The number of allylic oxidation sites excluding steroid dienone is 2. The highest BCUT2D eigenvalue weighted by Gasteiger charge is 2.19. The molecular formula is C21H38O3Si. The van der Waals surface area contributed by atoms with Gasteiger partial charge in [-0.15, -0.1) is 0 Å². The number of hydrogen-bond acceptors (Lipinski definition) is 3. The zero-order valence-electron chi connectivity index (χ0n) is 17.0. The summed E-state index contributed by atoms with van der Waals surface area (Å²) in [5, 5.41) is 0. The summed E-state index contributed by atoms with van der Waals surface area (Å²) in [5.41, 5.74) is 0. The van der Waals surface area contributed by atoms with Gasteiger partial charge in [-0.2, -0.15) is 0 Å². The third kappa shape index (κ3) is 17.6. The maximum absolute atomic E-state index is 11.1. The summed E-state index contributed by atoms with van der Waals surface area (Å²) in [6.45, 7) is 8.82. The molecule has 0 heterocycles. The third-order valence-electron chi connectivity index (χ3n) is 3.74. The summed E-state index contributed by atoms with van der Waals surface area (Å²) >= 11 is 0. The zero-order valence-corrected chi connectivity index (χ0v) is 18.0. The van der Waals surface area contributed by atoms with Crippen molar-refractivity contribution in [1.29, 1.82) is 0 Å². The van der Waals surface area contributed by atoms with Gasteiger partial charge in [0, 0.05) is 6.42 Å². The van der Waals surface area contributed by atoms with Gasteiger partial charge in [0.05, 0.1) is 7.11 Å². The predicted molar refractivity (Wildman–Crippen MR) is 109 cm³/mol. The van der Waals surface area contributed by atoms with Crippen LogP contribution in [0.4, 0.5) is 0 Å². The number of carbonyl (C=O) groups is 1. The van der Waals surface area contributed by atoms with Crippen molar-refractivity contribution in [3.63, 3.8) is 0 Å². The molecule has 0 unspecified atom stereocenters. The Morgan fingerprint density at radius 2 is 1.80 bits per heavy atom. The fraction of sp³-hybridized carbons (Fsp3) is 0.762. The number of hydrogen-bond donors (Lipinski definition) is 0. The molecule has 0 bridgehead atoms. The van der Waals surface area contributed by atoms with Gasteiger partial charge in [0.1, 0.15) is 6.10 Å². The van der Waals surface area contributed by atoms with Crippen molar-refractivity contribution in [3.8, 4) is 11.8 Å². The Morgan fingerprint density at radius 1 is 1.08 bits per heavy atom. The van der Waals surface area contributed by atoms with Crippen LogP contribution in [0.1, 0.15) is 71.1 Å². The van der Waals surface area contributed by atoms with E-state index in [4.69, 9.17) is 4.43 Å². The Kier molecular flexibility index (Phi) is 14.6. The number of methoxy groups -OCH3 is 1. The fourth-order valence-electron chi connectivity index (χ4n) is 2.44. The summed E-state index contributed by atoms with van der Waals surface area (Å²) in [7, 11) is -0.166. The molecule has 0 saturated heterocycles. The maximum Gasteiger partial charge on any atom is 0.305 e. The van der Waals surface area contributed by atoms with Crippen molar-refractivity contribution < 1.29 is 14.0 Å². The lowest BCUT2D eigenvalue weighted by Crippen LogP contribution is -2.31. The van der Waals surface area contributed by atoms with E-state index in [0.29, 0.717) is 6.42 Å². The van der Waals surface area contributed by atoms with E-state index in [-0.39, 0.29) is 12.1 Å². The van der Waals surface area contributed by atoms with Crippen LogP contribution in [-0.2, 0) is 14.0 Å². The first-order valence-electron chi connectivity index (χ1n) is 9.79. The van der Waals surface area contributed by atoms with Gasteiger partial charge in [0.15, 0.2) is 8.32 Å². The van der Waals surface area contributed by atoms with E-state index < -0.39 is 8.32 Å². The van der Waals surface area contributed by atoms with E-state index in [9.17, 15) is 4.79 Å². The quantitative estimate of drug-likeness (QED) is 0.177. The van der Waals surface area contributed by atoms with Crippen LogP contribution in [0.5, 0.6) is 0 Å². The monoisotopic (exact) mass is 366 g/mol. The molecular weight excluding hydrogens is 328 g/mol. The normalized spacial score (nSPS) is 12.7. The highest BCUT2D eigenvalue weighted by molar-refractivity contribution is 6.69. The van der Waals surface area contributed by atoms with Crippen molar-refractivity contribution in [3.05, 3.63) is 12.2 Å². The first kappa shape index (κ1) is 23.9. The minimum absolute atomic E-state index is 0.00883. The van der Waals surface area contributed by atoms with Crippen LogP contribution < -0.4 is 0 Å². The van der Waals surface area contributed by atoms with Gasteiger partial charge < -0.3 is 9.16 Å². The molecule has 3 nitrogen and oxygen atoms in total. The Balaban J connectivity index is 4.19. The summed E-state index contributed by atoms with van der Waals surface area (Å²) in [4.78, 5) is 11.1. The first-order valence-corrected chi connectivity index (χ1v) is 13.2. The van der Waals surface area contributed by atoms with Gasteiger partial charge in [-0.25, -0.2) is 0 Å². The maximum atomic E-state index is 11.1. The molecule has 0 fully saturated rings. The molecule has 0 N–H and O–H groups in total. The molecule has 0 radical (unpaired) electrons. The van der Waals surface area contributed by atoms with Gasteiger partial charge in [-0.1, -0.05) is 50.5 Å². The highest BCUT2D eigenvalue weighted by Crippen LogP contribution is 2.14. The van der Waals surface area contributed by atoms with Crippen LogP contribution in [-0.4, -0.2) is 27.5 Å². The molecule has 25 heavy (non-hydrogen) atoms. The largest absolute Gasteiger partial charge is 0.469 e. The van der Waals surface area contributed by atoms with Gasteiger partial charge in [-0.05, 0) is 57.8 Å². The molecule has 1 atom stereocenters. The number of ether oxygens (including phenoxy) is 1. The van der Waals surface area contributed by atoms with E-state index >= 15 is 0 Å². The van der Waals surface area contributed by atoms with Crippen LogP contribution in [0.3, 0.4) is 0 Å². The van der Waals surface area contributed by atoms with Crippen molar-refractivity contribution in [2.45, 2.75) is 96.9 Å². The lowest BCUT2D eigenvalue weighted by molar-refractivity contribution is -0.140. The molecule has 4 heteroatoms. The topological polar surface area (TPSA) is 35.5 Å². The number of unbranched alkanes of at least 4 members (excludes halogenated alkanes) is 6. The molecule has 0 aliphatic heterocycles. The Labute approximate surface area is 156 Å². The van der Waals surface area contributed by atoms with Gasteiger partial charge >= 0.3 is 5.97 Å². The van der Waals surface area contributed by atoms with Crippen molar-refractivity contribution in [1.82, 2.24) is 0 Å². The Bertz CT molecular complexity index is 427. The second kappa shape index (κ2) is 15.2. The Morgan fingerprint density at radius 3 is 2.44 bits per heavy atom. The number of esters is 1. The third-order valence-corrected chi connectivity index (χ3v) is 4.73. The van der Waals surface area contributed by atoms with Crippen LogP contribution in [0.25, 0.3) is 0 Å². The van der Waals surface area contributed by atoms with Crippen molar-refractivity contribution in [2.24, 2.45) is 0 Å². The van der Waals surface area contributed by atoms with Gasteiger partial charge in [0.25, 0.3) is 0 Å². The summed E-state index contributed by atoms with van der Waals surface area (Å²) in [6, 6.07) is 0. The summed E-state index contributed by atoms with van der Waals surface area (Å²) < 4.78 is 10.8. The van der Waals surface area contributed by atoms with Crippen LogP contribution in [0.15, 0.2) is 12.2 Å². The lowest BCUT2D eigenvalue weighted by atomic mass is 10.1. The van der Waals surface area contributed by atoms with E-state index in [1.54, 1.807) is 0 Å². The van der Waals surface area contributed by atoms with Crippen LogP contribution in [0, 0.1) is 11.8 Å². The highest BCUT2D eigenvalue weighted by atomic mass is 28.4. The van der Waals surface area contributed by atoms with E-state index in [1.807, 2.05) is 6.08 Å². The SMILES string of the molecule is CCCCCC/C=C/C#C[C@@H](CCCCCC(=O)OC)O[Si](C)(C)C. The predicted octanol–water partition coefficient (Wildman–Crippen LogP) is 5.86. The zero-order chi connectivity index (χ0) is 19.0. The smallest absolute Gasteiger partial charge is 0.305 e. The van der Waals surface area contributed by atoms with E-state index in [2.05, 4.69) is 49.2 Å². The van der Waals surface area contributed by atoms with Gasteiger partial charge in [-0.3, -0.25) is 4.79 Å². The molecule has 0 spiro atoms. The van der Waals surface area contributed by atoms with Gasteiger partial charge in [0.2, 0.25) is 0 Å². The molecule has 0 aliphatic carbocycles. The fourth-order valence-corrected chi connectivity index (χ4v) is 3.47. The standard InChI is InChI=1S/C21H38O3Si/c1-6-7-8-9-10-11-12-14-17-20(24-25(3,4)5)18-15-13-16-19-21(22)23-2/h11-12,20H,6-10,13,15-16,18-19H2,1-5H3/b12-11+/t20-/m0/s1. The average molecular weight is 367 g/mol. The second-order valence-electron chi connectivity index (χ2n) is 7.43. The lowest BCUT2D eigenvalue weighted by Gasteiger charge is -2.22. The first-order chi connectivity index (χ1) is 11.9. The number of rotatable bonds is 13. The molecule has 144 valence electrons. The molecule has 0 aliphatic rings. The Hall–Kier alpha value is -1.05. The molecule has 0 aromatic heterocycles. The number of carbonyl (C=O) groups excluding carboxylic acids is 1. The van der Waals surface area contributed by atoms with E-state index in [0.717, 1.165) is 32.1 Å². The molecule has 0 aromatic carbocycles. The van der Waals surface area contributed by atoms with Crippen LogP contribution in [0.2, 0.25) is 19.6 Å². The summed E-state index contributed by atoms with van der Waals surface area (Å²) in [6.07, 6.45) is 14.8. The molecule has 0 saturated carbocycles. The van der Waals surface area contributed by atoms with Crippen LogP contribution >= 0.6 is 0 Å². The van der Waals surface area contributed by atoms with Crippen molar-refractivity contribution in [2.75, 3.05) is 7.11 Å². The average Bonchev–Trinajstić information content (AvgIpc) is 2.55. The molecule has 0 aromatic rings. The summed E-state index contributed by atoms with van der Waals surface area (Å²) in [5.74, 6) is 6.31. The minimum Gasteiger partial charge on any atom is -0.469 e. The minimum atomic E-state index is -1.60. The molecule has 0 amide bonds.